The van der Waals surface area contributed by atoms with Crippen molar-refractivity contribution in [1.29, 1.82) is 0 Å². The van der Waals surface area contributed by atoms with E-state index in [9.17, 15) is 0 Å². The zero-order chi connectivity index (χ0) is 5.98. The zero-order valence-electron chi connectivity index (χ0n) is 4.84. The molecule has 0 aromatic rings. The molecule has 0 radical (unpaired) electrons. The third-order valence-corrected chi connectivity index (χ3v) is 2.46. The molecule has 0 bridgehead atoms. The molecule has 0 saturated heterocycles. The van der Waals surface area contributed by atoms with Gasteiger partial charge in [-0.25, -0.2) is 0 Å². The van der Waals surface area contributed by atoms with E-state index in [0.29, 0.717) is 10.7 Å². The molecule has 1 aliphatic rings. The van der Waals surface area contributed by atoms with Gasteiger partial charge >= 0.3 is 0 Å². The Morgan fingerprint density at radius 1 is 1.25 bits per heavy atom. The van der Waals surface area contributed by atoms with E-state index in [0.717, 1.165) is 0 Å². The fourth-order valence-corrected chi connectivity index (χ4v) is 1.04. The molecule has 8 heavy (non-hydrogen) atoms. The van der Waals surface area contributed by atoms with Gasteiger partial charge in [0.2, 0.25) is 0 Å². The minimum Gasteiger partial charge on any atom is -0.0839 e. The second kappa shape index (κ2) is 2.49. The lowest BCUT2D eigenvalue weighted by Crippen LogP contribution is -2.06. The predicted molar refractivity (Wildman–Crippen MR) is 40.2 cm³/mol. The van der Waals surface area contributed by atoms with Crippen LogP contribution in [0.3, 0.4) is 0 Å². The van der Waals surface area contributed by atoms with E-state index >= 15 is 0 Å². The van der Waals surface area contributed by atoms with Crippen molar-refractivity contribution in [2.24, 2.45) is 5.92 Å². The molecular formula is C7H9Br. The molecule has 0 aliphatic heterocycles. The monoisotopic (exact) mass is 172 g/mol. The minimum absolute atomic E-state index is 0.549. The summed E-state index contributed by atoms with van der Waals surface area (Å²) in [5.41, 5.74) is 0. The van der Waals surface area contributed by atoms with E-state index < -0.39 is 0 Å². The van der Waals surface area contributed by atoms with Crippen molar-refractivity contribution < 1.29 is 0 Å². The first-order valence-corrected chi connectivity index (χ1v) is 3.71. The van der Waals surface area contributed by atoms with Gasteiger partial charge in [0.25, 0.3) is 0 Å². The third kappa shape index (κ3) is 1.22. The van der Waals surface area contributed by atoms with Gasteiger partial charge in [-0.05, 0) is 5.92 Å². The molecule has 44 valence electrons. The smallest absolute Gasteiger partial charge is 0.0388 e. The van der Waals surface area contributed by atoms with Crippen molar-refractivity contribution >= 4 is 15.9 Å². The highest BCUT2D eigenvalue weighted by atomic mass is 79.9. The molecule has 0 N–H and O–H groups in total. The Balaban J connectivity index is 2.59. The Labute approximate surface area is 58.4 Å². The van der Waals surface area contributed by atoms with Gasteiger partial charge in [0.15, 0.2) is 0 Å². The Kier molecular flexibility index (Phi) is 1.90. The van der Waals surface area contributed by atoms with E-state index in [1.807, 2.05) is 0 Å². The highest BCUT2D eigenvalue weighted by molar-refractivity contribution is 9.09. The summed E-state index contributed by atoms with van der Waals surface area (Å²) in [7, 11) is 0. The SMILES string of the molecule is CC1C=CC=C[C@H]1Br. The van der Waals surface area contributed by atoms with Gasteiger partial charge in [-0.1, -0.05) is 47.2 Å². The fraction of sp³-hybridized carbons (Fsp3) is 0.429. The quantitative estimate of drug-likeness (QED) is 0.493. The Morgan fingerprint density at radius 3 is 2.25 bits per heavy atom. The van der Waals surface area contributed by atoms with Crippen LogP contribution in [0.15, 0.2) is 24.3 Å². The largest absolute Gasteiger partial charge is 0.0839 e. The average molecular weight is 173 g/mol. The summed E-state index contributed by atoms with van der Waals surface area (Å²) < 4.78 is 0. The van der Waals surface area contributed by atoms with Crippen LogP contribution in [0.2, 0.25) is 0 Å². The van der Waals surface area contributed by atoms with Crippen molar-refractivity contribution in [3.05, 3.63) is 24.3 Å². The van der Waals surface area contributed by atoms with Crippen LogP contribution >= 0.6 is 15.9 Å². The molecule has 1 unspecified atom stereocenters. The lowest BCUT2D eigenvalue weighted by Gasteiger charge is -2.11. The van der Waals surface area contributed by atoms with Crippen molar-refractivity contribution in [1.82, 2.24) is 0 Å². The summed E-state index contributed by atoms with van der Waals surface area (Å²) in [5, 5.41) is 0. The van der Waals surface area contributed by atoms with Gasteiger partial charge in [-0.15, -0.1) is 0 Å². The average Bonchev–Trinajstić information content (AvgIpc) is 1.77. The minimum atomic E-state index is 0.549. The van der Waals surface area contributed by atoms with Gasteiger partial charge in [0.1, 0.15) is 0 Å². The van der Waals surface area contributed by atoms with E-state index in [1.165, 1.54) is 0 Å². The number of halogens is 1. The molecule has 1 rings (SSSR count). The van der Waals surface area contributed by atoms with Crippen LogP contribution in [0, 0.1) is 5.92 Å². The maximum atomic E-state index is 3.52. The van der Waals surface area contributed by atoms with E-state index in [4.69, 9.17) is 0 Å². The van der Waals surface area contributed by atoms with Gasteiger partial charge in [0.05, 0.1) is 0 Å². The second-order valence-corrected chi connectivity index (χ2v) is 3.13. The Morgan fingerprint density at radius 2 is 1.88 bits per heavy atom. The molecular weight excluding hydrogens is 164 g/mol. The summed E-state index contributed by atoms with van der Waals surface area (Å²) >= 11 is 3.52. The first kappa shape index (κ1) is 6.09. The van der Waals surface area contributed by atoms with Crippen LogP contribution in [-0.2, 0) is 0 Å². The molecule has 0 nitrogen and oxygen atoms in total. The maximum absolute atomic E-state index is 3.52. The summed E-state index contributed by atoms with van der Waals surface area (Å²) in [6.45, 7) is 2.19. The predicted octanol–water partition coefficient (Wildman–Crippen LogP) is 2.51. The standard InChI is InChI=1S/C7H9Br/c1-6-4-2-3-5-7(6)8/h2-7H,1H3/t6?,7-/m1/s1. The first-order chi connectivity index (χ1) is 3.80. The normalized spacial score (nSPS) is 35.8. The second-order valence-electron chi connectivity index (χ2n) is 2.07. The van der Waals surface area contributed by atoms with Crippen LogP contribution in [0.25, 0.3) is 0 Å². The number of alkyl halides is 1. The summed E-state index contributed by atoms with van der Waals surface area (Å²) in [6.07, 6.45) is 8.51. The number of hydrogen-bond acceptors (Lipinski definition) is 0. The summed E-state index contributed by atoms with van der Waals surface area (Å²) in [6, 6.07) is 0. The van der Waals surface area contributed by atoms with Crippen LogP contribution < -0.4 is 0 Å². The molecule has 0 aromatic heterocycles. The molecule has 0 fully saturated rings. The van der Waals surface area contributed by atoms with E-state index in [2.05, 4.69) is 47.2 Å². The Bertz CT molecular complexity index is 108. The third-order valence-electron chi connectivity index (χ3n) is 1.32. The lowest BCUT2D eigenvalue weighted by atomic mass is 10.0. The van der Waals surface area contributed by atoms with Crippen LogP contribution in [0.1, 0.15) is 6.92 Å². The molecule has 1 heteroatoms. The van der Waals surface area contributed by atoms with Crippen molar-refractivity contribution in [2.75, 3.05) is 0 Å². The topological polar surface area (TPSA) is 0 Å². The molecule has 0 spiro atoms. The van der Waals surface area contributed by atoms with Crippen molar-refractivity contribution in [3.63, 3.8) is 0 Å². The highest BCUT2D eigenvalue weighted by Gasteiger charge is 2.07. The maximum Gasteiger partial charge on any atom is 0.0388 e. The molecule has 0 aromatic carbocycles. The number of rotatable bonds is 0. The number of allylic oxidation sites excluding steroid dienone is 4. The molecule has 0 amide bonds. The summed E-state index contributed by atoms with van der Waals surface area (Å²) in [5.74, 6) is 0.653. The van der Waals surface area contributed by atoms with Crippen molar-refractivity contribution in [2.45, 2.75) is 11.8 Å². The van der Waals surface area contributed by atoms with Crippen LogP contribution in [0.5, 0.6) is 0 Å². The lowest BCUT2D eigenvalue weighted by molar-refractivity contribution is 0.762. The fourth-order valence-electron chi connectivity index (χ4n) is 0.691. The molecule has 2 atom stereocenters. The van der Waals surface area contributed by atoms with E-state index in [1.54, 1.807) is 0 Å². The van der Waals surface area contributed by atoms with E-state index in [-0.39, 0.29) is 0 Å². The molecule has 0 heterocycles. The number of hydrogen-bond donors (Lipinski definition) is 0. The van der Waals surface area contributed by atoms with Gasteiger partial charge < -0.3 is 0 Å². The summed E-state index contributed by atoms with van der Waals surface area (Å²) in [4.78, 5) is 0.549. The van der Waals surface area contributed by atoms with Gasteiger partial charge in [0, 0.05) is 4.83 Å². The highest BCUT2D eigenvalue weighted by Crippen LogP contribution is 2.18. The molecule has 0 saturated carbocycles. The first-order valence-electron chi connectivity index (χ1n) is 2.80. The van der Waals surface area contributed by atoms with Gasteiger partial charge in [-0.3, -0.25) is 0 Å². The van der Waals surface area contributed by atoms with Crippen LogP contribution in [0.4, 0.5) is 0 Å². The van der Waals surface area contributed by atoms with Crippen LogP contribution in [-0.4, -0.2) is 4.83 Å². The Hall–Kier alpha value is -0.0400. The van der Waals surface area contributed by atoms with Crippen molar-refractivity contribution in [3.8, 4) is 0 Å². The molecule has 1 aliphatic carbocycles. The van der Waals surface area contributed by atoms with Gasteiger partial charge in [-0.2, -0.15) is 0 Å². The zero-order valence-corrected chi connectivity index (χ0v) is 6.43.